The Morgan fingerprint density at radius 3 is 2.50 bits per heavy atom. The van der Waals surface area contributed by atoms with E-state index in [1.54, 1.807) is 12.1 Å². The molecule has 0 heterocycles. The molecule has 0 radical (unpaired) electrons. The average Bonchev–Trinajstić information content (AvgIpc) is 2.19. The normalized spacial score (nSPS) is 11.7. The summed E-state index contributed by atoms with van der Waals surface area (Å²) in [6.07, 6.45) is 0. The maximum atomic E-state index is 11.5. The fraction of sp³-hybridized carbons (Fsp3) is 0.400. The van der Waals surface area contributed by atoms with Crippen molar-refractivity contribution in [3.63, 3.8) is 0 Å². The van der Waals surface area contributed by atoms with Crippen LogP contribution in [0.25, 0.3) is 0 Å². The monoisotopic (exact) mass is 244 g/mol. The molecule has 0 amide bonds. The molecular weight excluding hydrogens is 228 g/mol. The third kappa shape index (κ3) is 4.08. The van der Waals surface area contributed by atoms with E-state index in [9.17, 15) is 13.5 Å². The third-order valence-electron chi connectivity index (χ3n) is 1.83. The van der Waals surface area contributed by atoms with Gasteiger partial charge in [0.1, 0.15) is 5.75 Å². The van der Waals surface area contributed by atoms with E-state index in [2.05, 4.69) is 9.44 Å². The molecule has 3 N–H and O–H groups in total. The first-order valence-corrected chi connectivity index (χ1v) is 6.44. The Morgan fingerprint density at radius 2 is 1.94 bits per heavy atom. The van der Waals surface area contributed by atoms with Gasteiger partial charge in [-0.25, -0.2) is 0 Å². The number of benzene rings is 1. The van der Waals surface area contributed by atoms with Gasteiger partial charge in [0.2, 0.25) is 0 Å². The second kappa shape index (κ2) is 5.18. The topological polar surface area (TPSA) is 78.4 Å². The van der Waals surface area contributed by atoms with Crippen LogP contribution in [0.3, 0.4) is 0 Å². The highest BCUT2D eigenvalue weighted by molar-refractivity contribution is 7.90. The average molecular weight is 244 g/mol. The van der Waals surface area contributed by atoms with Gasteiger partial charge < -0.3 is 5.11 Å². The summed E-state index contributed by atoms with van der Waals surface area (Å²) in [5.41, 5.74) is 0.166. The minimum absolute atomic E-state index is 0.0996. The van der Waals surface area contributed by atoms with Crippen LogP contribution in [-0.2, 0) is 10.2 Å². The van der Waals surface area contributed by atoms with E-state index in [0.717, 1.165) is 0 Å². The van der Waals surface area contributed by atoms with E-state index in [4.69, 9.17) is 0 Å². The zero-order valence-corrected chi connectivity index (χ0v) is 10.1. The van der Waals surface area contributed by atoms with E-state index >= 15 is 0 Å². The summed E-state index contributed by atoms with van der Waals surface area (Å²) in [5.74, 6) is 0.123. The lowest BCUT2D eigenvalue weighted by Gasteiger charge is -2.11. The maximum absolute atomic E-state index is 11.5. The molecule has 0 aliphatic carbocycles. The molecule has 0 aliphatic heterocycles. The predicted octanol–water partition coefficient (Wildman–Crippen LogP) is 1.29. The first-order chi connectivity index (χ1) is 7.41. The van der Waals surface area contributed by atoms with Gasteiger partial charge in [-0.05, 0) is 18.1 Å². The van der Waals surface area contributed by atoms with Gasteiger partial charge in [0.25, 0.3) is 10.2 Å². The molecule has 0 bridgehead atoms. The van der Waals surface area contributed by atoms with E-state index < -0.39 is 10.2 Å². The number of aromatic hydroxyl groups is 1. The quantitative estimate of drug-likeness (QED) is 0.683. The van der Waals surface area contributed by atoms with E-state index in [1.807, 2.05) is 13.8 Å². The van der Waals surface area contributed by atoms with E-state index in [1.165, 1.54) is 12.1 Å². The van der Waals surface area contributed by atoms with Crippen molar-refractivity contribution in [2.75, 3.05) is 11.3 Å². The lowest BCUT2D eigenvalue weighted by Crippen LogP contribution is -2.32. The molecule has 1 rings (SSSR count). The molecule has 5 nitrogen and oxygen atoms in total. The summed E-state index contributed by atoms with van der Waals surface area (Å²) < 4.78 is 27.7. The number of hydrogen-bond acceptors (Lipinski definition) is 3. The van der Waals surface area contributed by atoms with Crippen LogP contribution in [0, 0.1) is 5.92 Å². The van der Waals surface area contributed by atoms with E-state index in [0.29, 0.717) is 6.54 Å². The summed E-state index contributed by atoms with van der Waals surface area (Å²) >= 11 is 0. The minimum atomic E-state index is -3.61. The summed E-state index contributed by atoms with van der Waals surface area (Å²) in [5, 5.41) is 9.40. The van der Waals surface area contributed by atoms with Crippen LogP contribution in [0.2, 0.25) is 0 Å². The van der Waals surface area contributed by atoms with E-state index in [-0.39, 0.29) is 17.4 Å². The molecular formula is C10H16N2O3S. The Kier molecular flexibility index (Phi) is 4.14. The summed E-state index contributed by atoms with van der Waals surface area (Å²) in [6, 6.07) is 6.17. The maximum Gasteiger partial charge on any atom is 0.299 e. The number of phenols is 1. The standard InChI is InChI=1S/C10H16N2O3S/c1-8(2)7-11-16(14,15)12-9-5-3-4-6-10(9)13/h3-6,8,11-13H,7H2,1-2H3. The van der Waals surface area contributed by atoms with Crippen molar-refractivity contribution in [1.29, 1.82) is 0 Å². The number of para-hydroxylation sites is 2. The zero-order chi connectivity index (χ0) is 12.2. The minimum Gasteiger partial charge on any atom is -0.506 e. The molecule has 0 aliphatic rings. The van der Waals surface area contributed by atoms with Gasteiger partial charge in [-0.1, -0.05) is 26.0 Å². The molecule has 1 aromatic carbocycles. The van der Waals surface area contributed by atoms with Crippen LogP contribution in [0.1, 0.15) is 13.8 Å². The van der Waals surface area contributed by atoms with Crippen LogP contribution >= 0.6 is 0 Å². The van der Waals surface area contributed by atoms with Gasteiger partial charge in [-0.2, -0.15) is 13.1 Å². The highest BCUT2D eigenvalue weighted by Gasteiger charge is 2.11. The number of anilines is 1. The van der Waals surface area contributed by atoms with Crippen molar-refractivity contribution in [3.05, 3.63) is 24.3 Å². The summed E-state index contributed by atoms with van der Waals surface area (Å²) in [7, 11) is -3.61. The predicted molar refractivity (Wildman–Crippen MR) is 63.5 cm³/mol. The highest BCUT2D eigenvalue weighted by Crippen LogP contribution is 2.22. The Morgan fingerprint density at radius 1 is 1.31 bits per heavy atom. The molecule has 90 valence electrons. The summed E-state index contributed by atoms with van der Waals surface area (Å²) in [4.78, 5) is 0. The molecule has 0 spiro atoms. The Balaban J connectivity index is 2.70. The van der Waals surface area contributed by atoms with Crippen LogP contribution in [0.15, 0.2) is 24.3 Å². The highest BCUT2D eigenvalue weighted by atomic mass is 32.2. The third-order valence-corrected chi connectivity index (χ3v) is 2.87. The molecule has 16 heavy (non-hydrogen) atoms. The Hall–Kier alpha value is -1.27. The molecule has 0 atom stereocenters. The molecule has 0 aromatic heterocycles. The molecule has 0 saturated heterocycles. The van der Waals surface area contributed by atoms with Crippen LogP contribution in [-0.4, -0.2) is 20.1 Å². The second-order valence-electron chi connectivity index (χ2n) is 3.86. The van der Waals surface area contributed by atoms with Crippen LogP contribution < -0.4 is 9.44 Å². The van der Waals surface area contributed by atoms with Gasteiger partial charge in [0.15, 0.2) is 0 Å². The van der Waals surface area contributed by atoms with Crippen LogP contribution in [0.4, 0.5) is 5.69 Å². The molecule has 0 unspecified atom stereocenters. The van der Waals surface area contributed by atoms with Crippen molar-refractivity contribution in [2.45, 2.75) is 13.8 Å². The van der Waals surface area contributed by atoms with Crippen molar-refractivity contribution < 1.29 is 13.5 Å². The van der Waals surface area contributed by atoms with Gasteiger partial charge in [-0.15, -0.1) is 0 Å². The zero-order valence-electron chi connectivity index (χ0n) is 9.27. The largest absolute Gasteiger partial charge is 0.506 e. The van der Waals surface area contributed by atoms with Crippen LogP contribution in [0.5, 0.6) is 5.75 Å². The molecule has 1 aromatic rings. The van der Waals surface area contributed by atoms with Gasteiger partial charge in [0.05, 0.1) is 5.69 Å². The van der Waals surface area contributed by atoms with Crippen molar-refractivity contribution >= 4 is 15.9 Å². The fourth-order valence-corrected chi connectivity index (χ4v) is 2.10. The Bertz CT molecular complexity index is 443. The Labute approximate surface area is 95.7 Å². The lowest BCUT2D eigenvalue weighted by atomic mass is 10.2. The van der Waals surface area contributed by atoms with Gasteiger partial charge in [0, 0.05) is 6.54 Å². The van der Waals surface area contributed by atoms with Crippen molar-refractivity contribution in [3.8, 4) is 5.75 Å². The number of rotatable bonds is 5. The SMILES string of the molecule is CC(C)CNS(=O)(=O)Nc1ccccc1O. The molecule has 0 fully saturated rings. The van der Waals surface area contributed by atoms with Crippen molar-refractivity contribution in [1.82, 2.24) is 4.72 Å². The fourth-order valence-electron chi connectivity index (χ4n) is 1.02. The first-order valence-electron chi connectivity index (χ1n) is 4.96. The number of nitrogens with one attached hydrogen (secondary N) is 2. The van der Waals surface area contributed by atoms with Crippen molar-refractivity contribution in [2.24, 2.45) is 5.92 Å². The smallest absolute Gasteiger partial charge is 0.299 e. The molecule has 6 heteroatoms. The number of phenolic OH excluding ortho intramolecular Hbond substituents is 1. The van der Waals surface area contributed by atoms with Gasteiger partial charge >= 0.3 is 0 Å². The molecule has 0 saturated carbocycles. The van der Waals surface area contributed by atoms with Gasteiger partial charge in [-0.3, -0.25) is 4.72 Å². The first kappa shape index (κ1) is 12.8. The second-order valence-corrected chi connectivity index (χ2v) is 5.36. The summed E-state index contributed by atoms with van der Waals surface area (Å²) in [6.45, 7) is 4.16. The number of hydrogen-bond donors (Lipinski definition) is 3. The lowest BCUT2D eigenvalue weighted by molar-refractivity contribution is 0.477.